The lowest BCUT2D eigenvalue weighted by Crippen LogP contribution is -2.08. The average Bonchev–Trinajstić information content (AvgIpc) is 2.74. The molecule has 0 atom stereocenters. The molecule has 0 bridgehead atoms. The third-order valence-electron chi connectivity index (χ3n) is 4.59. The molecule has 3 aromatic rings. The number of hydrogen-bond donors (Lipinski definition) is 1. The van der Waals surface area contributed by atoms with Gasteiger partial charge in [-0.25, -0.2) is 13.4 Å². The van der Waals surface area contributed by atoms with Crippen LogP contribution in [0.4, 0.5) is 11.5 Å². The summed E-state index contributed by atoms with van der Waals surface area (Å²) >= 11 is 0. The number of nitrogens with zero attached hydrogens (tertiary/aromatic N) is 1. The molecule has 6 nitrogen and oxygen atoms in total. The number of methoxy groups -OCH3 is 2. The lowest BCUT2D eigenvalue weighted by atomic mass is 10.2. The maximum atomic E-state index is 13.3. The summed E-state index contributed by atoms with van der Waals surface area (Å²) in [5, 5.41) is 3.11. The fourth-order valence-electron chi connectivity index (χ4n) is 2.91. The van der Waals surface area contributed by atoms with Gasteiger partial charge in [0.05, 0.1) is 24.8 Å². The summed E-state index contributed by atoms with van der Waals surface area (Å²) in [6, 6.07) is 15.4. The molecule has 0 fully saturated rings. The van der Waals surface area contributed by atoms with Gasteiger partial charge in [0.1, 0.15) is 22.2 Å². The van der Waals surface area contributed by atoms with Crippen molar-refractivity contribution in [2.24, 2.45) is 0 Å². The number of rotatable bonds is 7. The van der Waals surface area contributed by atoms with E-state index < -0.39 is 9.84 Å². The zero-order chi connectivity index (χ0) is 21.0. The molecule has 1 heterocycles. The molecule has 0 aliphatic heterocycles. The van der Waals surface area contributed by atoms with Crippen LogP contribution in [-0.4, -0.2) is 27.6 Å². The summed E-state index contributed by atoms with van der Waals surface area (Å²) in [6.45, 7) is 3.83. The van der Waals surface area contributed by atoms with Gasteiger partial charge >= 0.3 is 0 Å². The highest BCUT2D eigenvalue weighted by Crippen LogP contribution is 2.34. The molecule has 3 rings (SSSR count). The van der Waals surface area contributed by atoms with Crippen LogP contribution in [0, 0.1) is 6.92 Å². The second-order valence-corrected chi connectivity index (χ2v) is 8.41. The van der Waals surface area contributed by atoms with Crippen molar-refractivity contribution in [3.8, 4) is 11.5 Å². The summed E-state index contributed by atoms with van der Waals surface area (Å²) in [4.78, 5) is 4.76. The van der Waals surface area contributed by atoms with Crippen LogP contribution in [0.25, 0.3) is 0 Å². The fraction of sp³-hybridized carbons (Fsp3) is 0.227. The smallest absolute Gasteiger partial charge is 0.210 e. The molecule has 1 N–H and O–H groups in total. The van der Waals surface area contributed by atoms with Crippen LogP contribution in [0.15, 0.2) is 64.4 Å². The van der Waals surface area contributed by atoms with Crippen LogP contribution in [0.5, 0.6) is 11.5 Å². The molecular weight excluding hydrogens is 388 g/mol. The molecular formula is C22H24N2O4S. The zero-order valence-electron chi connectivity index (χ0n) is 16.9. The molecule has 152 valence electrons. The van der Waals surface area contributed by atoms with Gasteiger partial charge in [0.15, 0.2) is 0 Å². The van der Waals surface area contributed by atoms with Crippen molar-refractivity contribution in [2.45, 2.75) is 30.1 Å². The van der Waals surface area contributed by atoms with Gasteiger partial charge < -0.3 is 14.8 Å². The highest BCUT2D eigenvalue weighted by Gasteiger charge is 2.23. The summed E-state index contributed by atoms with van der Waals surface area (Å²) in [6.07, 6.45) is 0.844. The topological polar surface area (TPSA) is 77.5 Å². The van der Waals surface area contributed by atoms with Crippen LogP contribution in [-0.2, 0) is 16.3 Å². The Kier molecular flexibility index (Phi) is 6.08. The van der Waals surface area contributed by atoms with Crippen molar-refractivity contribution in [3.05, 3.63) is 65.9 Å². The summed E-state index contributed by atoms with van der Waals surface area (Å²) in [5.74, 6) is 1.39. The Morgan fingerprint density at radius 2 is 1.69 bits per heavy atom. The lowest BCUT2D eigenvalue weighted by Gasteiger charge is -2.15. The van der Waals surface area contributed by atoms with Crippen LogP contribution in [0.2, 0.25) is 0 Å². The lowest BCUT2D eigenvalue weighted by molar-refractivity contribution is 0.395. The first-order valence-corrected chi connectivity index (χ1v) is 10.7. The van der Waals surface area contributed by atoms with E-state index in [1.165, 1.54) is 7.11 Å². The molecule has 0 aliphatic carbocycles. The molecule has 2 aromatic carbocycles. The largest absolute Gasteiger partial charge is 0.497 e. The summed E-state index contributed by atoms with van der Waals surface area (Å²) < 4.78 is 37.2. The maximum Gasteiger partial charge on any atom is 0.210 e. The van der Waals surface area contributed by atoms with Gasteiger partial charge in [-0.3, -0.25) is 0 Å². The van der Waals surface area contributed by atoms with E-state index >= 15 is 0 Å². The van der Waals surface area contributed by atoms with Crippen molar-refractivity contribution < 1.29 is 17.9 Å². The minimum atomic E-state index is -3.75. The third-order valence-corrected chi connectivity index (χ3v) is 6.39. The molecule has 29 heavy (non-hydrogen) atoms. The van der Waals surface area contributed by atoms with Gasteiger partial charge in [-0.15, -0.1) is 0 Å². The van der Waals surface area contributed by atoms with Crippen molar-refractivity contribution in [2.75, 3.05) is 19.5 Å². The molecule has 7 heteroatoms. The summed E-state index contributed by atoms with van der Waals surface area (Å²) in [5.41, 5.74) is 2.36. The molecule has 0 saturated heterocycles. The third kappa shape index (κ3) is 4.35. The number of nitrogens with one attached hydrogen (secondary N) is 1. The first-order valence-electron chi connectivity index (χ1n) is 9.19. The number of aryl methyl sites for hydroxylation is 2. The van der Waals surface area contributed by atoms with E-state index in [1.54, 1.807) is 49.6 Å². The standard InChI is InChI=1S/C22H24N2O4S/c1-5-16-7-10-18(11-8-16)29(25,26)21-13-6-15(2)23-22(21)24-19-12-9-17(27-3)14-20(19)28-4/h6-14H,5H2,1-4H3,(H,23,24). The van der Waals surface area contributed by atoms with E-state index in [4.69, 9.17) is 9.47 Å². The van der Waals surface area contributed by atoms with E-state index in [-0.39, 0.29) is 15.6 Å². The number of aromatic nitrogens is 1. The molecule has 1 aromatic heterocycles. The number of hydrogen-bond acceptors (Lipinski definition) is 6. The number of pyridine rings is 1. The summed E-state index contributed by atoms with van der Waals surface area (Å²) in [7, 11) is -0.648. The van der Waals surface area contributed by atoms with E-state index in [1.807, 2.05) is 26.0 Å². The Balaban J connectivity index is 2.06. The quantitative estimate of drug-likeness (QED) is 0.614. The Morgan fingerprint density at radius 1 is 0.966 bits per heavy atom. The minimum absolute atomic E-state index is 0.102. The van der Waals surface area contributed by atoms with E-state index in [9.17, 15) is 8.42 Å². The van der Waals surface area contributed by atoms with E-state index in [0.29, 0.717) is 22.9 Å². The highest BCUT2D eigenvalue weighted by atomic mass is 32.2. The Hall–Kier alpha value is -3.06. The number of anilines is 2. The normalized spacial score (nSPS) is 11.2. The average molecular weight is 413 g/mol. The van der Waals surface area contributed by atoms with Crippen molar-refractivity contribution >= 4 is 21.3 Å². The Morgan fingerprint density at radius 3 is 2.31 bits per heavy atom. The number of sulfone groups is 1. The van der Waals surface area contributed by atoms with Gasteiger partial charge in [0.25, 0.3) is 0 Å². The molecule has 0 saturated carbocycles. The van der Waals surface area contributed by atoms with E-state index in [2.05, 4.69) is 10.3 Å². The zero-order valence-corrected chi connectivity index (χ0v) is 17.7. The Labute approximate surface area is 171 Å². The maximum absolute atomic E-state index is 13.3. The van der Waals surface area contributed by atoms with Crippen molar-refractivity contribution in [3.63, 3.8) is 0 Å². The predicted molar refractivity (Wildman–Crippen MR) is 113 cm³/mol. The Bertz CT molecular complexity index is 1110. The van der Waals surface area contributed by atoms with Crippen molar-refractivity contribution in [1.29, 1.82) is 0 Å². The molecule has 0 amide bonds. The van der Waals surface area contributed by atoms with Gasteiger partial charge in [-0.2, -0.15) is 0 Å². The molecule has 0 aliphatic rings. The fourth-order valence-corrected chi connectivity index (χ4v) is 4.26. The van der Waals surface area contributed by atoms with Crippen LogP contribution < -0.4 is 14.8 Å². The van der Waals surface area contributed by atoms with Crippen LogP contribution in [0.3, 0.4) is 0 Å². The molecule has 0 radical (unpaired) electrons. The SMILES string of the molecule is CCc1ccc(S(=O)(=O)c2ccc(C)nc2Nc2ccc(OC)cc2OC)cc1. The highest BCUT2D eigenvalue weighted by molar-refractivity contribution is 7.91. The monoisotopic (exact) mass is 412 g/mol. The minimum Gasteiger partial charge on any atom is -0.497 e. The van der Waals surface area contributed by atoms with Crippen LogP contribution >= 0.6 is 0 Å². The van der Waals surface area contributed by atoms with Gasteiger partial charge in [-0.1, -0.05) is 19.1 Å². The van der Waals surface area contributed by atoms with E-state index in [0.717, 1.165) is 12.0 Å². The predicted octanol–water partition coefficient (Wildman–Crippen LogP) is 4.55. The van der Waals surface area contributed by atoms with Crippen LogP contribution in [0.1, 0.15) is 18.2 Å². The molecule has 0 unspecified atom stereocenters. The first-order chi connectivity index (χ1) is 13.9. The first kappa shape index (κ1) is 20.7. The van der Waals surface area contributed by atoms with Gasteiger partial charge in [-0.05, 0) is 55.3 Å². The van der Waals surface area contributed by atoms with Gasteiger partial charge in [0.2, 0.25) is 9.84 Å². The number of ether oxygens (including phenoxy) is 2. The number of benzene rings is 2. The second kappa shape index (κ2) is 8.53. The van der Waals surface area contributed by atoms with Crippen molar-refractivity contribution in [1.82, 2.24) is 4.98 Å². The van der Waals surface area contributed by atoms with Gasteiger partial charge in [0, 0.05) is 11.8 Å². The molecule has 0 spiro atoms. The second-order valence-electron chi connectivity index (χ2n) is 6.49.